The van der Waals surface area contributed by atoms with Crippen molar-refractivity contribution in [1.82, 2.24) is 10.2 Å². The number of primary amides is 1. The summed E-state index contributed by atoms with van der Waals surface area (Å²) in [6, 6.07) is 8.79. The molecule has 4 nitrogen and oxygen atoms in total. The van der Waals surface area contributed by atoms with Gasteiger partial charge in [-0.25, -0.2) is 0 Å². The van der Waals surface area contributed by atoms with E-state index in [-0.39, 0.29) is 11.8 Å². The Balaban J connectivity index is 1.51. The lowest BCUT2D eigenvalue weighted by Gasteiger charge is -2.31. The number of carbonyl (C=O) groups excluding carboxylic acids is 1. The maximum absolute atomic E-state index is 11.4. The van der Waals surface area contributed by atoms with Gasteiger partial charge in [0.2, 0.25) is 5.91 Å². The molecule has 22 heavy (non-hydrogen) atoms. The first kappa shape index (κ1) is 15.5. The number of amides is 1. The average Bonchev–Trinajstić information content (AvgIpc) is 3.32. The lowest BCUT2D eigenvalue weighted by molar-refractivity contribution is -0.123. The van der Waals surface area contributed by atoms with Crippen molar-refractivity contribution in [2.24, 2.45) is 17.6 Å². The molecule has 120 valence electrons. The van der Waals surface area contributed by atoms with Crippen LogP contribution in [0.1, 0.15) is 36.8 Å². The van der Waals surface area contributed by atoms with Crippen LogP contribution in [0.15, 0.2) is 24.3 Å². The van der Waals surface area contributed by atoms with Gasteiger partial charge in [0.15, 0.2) is 0 Å². The second-order valence-electron chi connectivity index (χ2n) is 6.87. The molecule has 1 unspecified atom stereocenters. The van der Waals surface area contributed by atoms with Crippen molar-refractivity contribution in [2.45, 2.75) is 38.8 Å². The zero-order valence-electron chi connectivity index (χ0n) is 13.3. The van der Waals surface area contributed by atoms with Crippen LogP contribution in [0.25, 0.3) is 0 Å². The predicted octanol–water partition coefficient (Wildman–Crippen LogP) is 1.88. The van der Waals surface area contributed by atoms with Crippen LogP contribution >= 0.6 is 0 Å². The van der Waals surface area contributed by atoms with Gasteiger partial charge in [-0.1, -0.05) is 24.3 Å². The van der Waals surface area contributed by atoms with Gasteiger partial charge in [-0.15, -0.1) is 0 Å². The van der Waals surface area contributed by atoms with Crippen LogP contribution in [0.3, 0.4) is 0 Å². The summed E-state index contributed by atoms with van der Waals surface area (Å²) >= 11 is 0. The summed E-state index contributed by atoms with van der Waals surface area (Å²) in [5.41, 5.74) is 8.14. The van der Waals surface area contributed by atoms with E-state index in [1.165, 1.54) is 24.0 Å². The van der Waals surface area contributed by atoms with Crippen LogP contribution in [0, 0.1) is 11.8 Å². The van der Waals surface area contributed by atoms with Crippen LogP contribution < -0.4 is 11.1 Å². The van der Waals surface area contributed by atoms with Gasteiger partial charge in [-0.05, 0) is 55.8 Å². The monoisotopic (exact) mass is 301 g/mol. The van der Waals surface area contributed by atoms with E-state index in [0.717, 1.165) is 51.5 Å². The van der Waals surface area contributed by atoms with Crippen molar-refractivity contribution in [3.05, 3.63) is 35.4 Å². The highest BCUT2D eigenvalue weighted by molar-refractivity contribution is 5.76. The van der Waals surface area contributed by atoms with Crippen molar-refractivity contribution < 1.29 is 4.79 Å². The van der Waals surface area contributed by atoms with Crippen molar-refractivity contribution >= 4 is 5.91 Å². The fourth-order valence-electron chi connectivity index (χ4n) is 3.27. The van der Waals surface area contributed by atoms with Gasteiger partial charge in [0.1, 0.15) is 0 Å². The molecule has 0 bridgehead atoms. The van der Waals surface area contributed by atoms with E-state index in [1.807, 2.05) is 0 Å². The highest BCUT2D eigenvalue weighted by Gasteiger charge is 2.24. The highest BCUT2D eigenvalue weighted by atomic mass is 16.1. The third-order valence-corrected chi connectivity index (χ3v) is 4.76. The highest BCUT2D eigenvalue weighted by Crippen LogP contribution is 2.27. The van der Waals surface area contributed by atoms with Crippen LogP contribution in [-0.2, 0) is 17.9 Å². The molecular formula is C18H27N3O. The fraction of sp³-hybridized carbons (Fsp3) is 0.611. The van der Waals surface area contributed by atoms with Gasteiger partial charge in [0.25, 0.3) is 0 Å². The summed E-state index contributed by atoms with van der Waals surface area (Å²) in [6.45, 7) is 4.89. The minimum atomic E-state index is -0.150. The van der Waals surface area contributed by atoms with Crippen LogP contribution in [0.2, 0.25) is 0 Å². The second-order valence-corrected chi connectivity index (χ2v) is 6.87. The summed E-state index contributed by atoms with van der Waals surface area (Å²) in [6.07, 6.45) is 4.79. The Morgan fingerprint density at radius 3 is 2.86 bits per heavy atom. The van der Waals surface area contributed by atoms with E-state index in [4.69, 9.17) is 5.73 Å². The Kier molecular flexibility index (Phi) is 5.11. The van der Waals surface area contributed by atoms with Gasteiger partial charge in [-0.2, -0.15) is 0 Å². The molecule has 1 aromatic carbocycles. The largest absolute Gasteiger partial charge is 0.369 e. The molecular weight excluding hydrogens is 274 g/mol. The number of piperidine rings is 1. The number of likely N-dealkylation sites (tertiary alicyclic amines) is 1. The summed E-state index contributed by atoms with van der Waals surface area (Å²) in [5, 5.41) is 3.54. The van der Waals surface area contributed by atoms with Gasteiger partial charge in [0, 0.05) is 19.6 Å². The molecule has 1 aromatic rings. The molecule has 0 aromatic heterocycles. The minimum absolute atomic E-state index is 0.0251. The molecule has 1 aliphatic carbocycles. The Labute approximate surface area is 133 Å². The first-order valence-electron chi connectivity index (χ1n) is 8.51. The van der Waals surface area contributed by atoms with E-state index >= 15 is 0 Å². The number of hydrogen-bond acceptors (Lipinski definition) is 3. The number of nitrogens with one attached hydrogen (secondary N) is 1. The number of nitrogens with two attached hydrogens (primary N) is 1. The van der Waals surface area contributed by atoms with E-state index in [2.05, 4.69) is 34.5 Å². The molecule has 1 saturated heterocycles. The third kappa shape index (κ3) is 4.55. The Morgan fingerprint density at radius 1 is 1.27 bits per heavy atom. The quantitative estimate of drug-likeness (QED) is 0.808. The lowest BCUT2D eigenvalue weighted by atomic mass is 9.97. The van der Waals surface area contributed by atoms with Crippen LogP contribution in [-0.4, -0.2) is 30.4 Å². The topological polar surface area (TPSA) is 58.4 Å². The lowest BCUT2D eigenvalue weighted by Crippen LogP contribution is -2.40. The summed E-state index contributed by atoms with van der Waals surface area (Å²) in [4.78, 5) is 13.7. The second kappa shape index (κ2) is 7.25. The zero-order valence-corrected chi connectivity index (χ0v) is 13.3. The summed E-state index contributed by atoms with van der Waals surface area (Å²) < 4.78 is 0. The number of rotatable bonds is 7. The maximum Gasteiger partial charge on any atom is 0.221 e. The number of benzene rings is 1. The van der Waals surface area contributed by atoms with E-state index in [1.54, 1.807) is 0 Å². The van der Waals surface area contributed by atoms with Crippen molar-refractivity contribution in [1.29, 1.82) is 0 Å². The average molecular weight is 301 g/mol. The molecule has 0 radical (unpaired) electrons. The first-order valence-corrected chi connectivity index (χ1v) is 8.51. The van der Waals surface area contributed by atoms with E-state index in [9.17, 15) is 4.79 Å². The van der Waals surface area contributed by atoms with Gasteiger partial charge in [-0.3, -0.25) is 9.69 Å². The smallest absolute Gasteiger partial charge is 0.221 e. The number of hydrogen-bond donors (Lipinski definition) is 2. The Bertz CT molecular complexity index is 513. The minimum Gasteiger partial charge on any atom is -0.369 e. The fourth-order valence-corrected chi connectivity index (χ4v) is 3.27. The molecule has 2 fully saturated rings. The molecule has 1 heterocycles. The molecule has 4 heteroatoms. The summed E-state index contributed by atoms with van der Waals surface area (Å²) in [5.74, 6) is 0.794. The molecule has 1 atom stereocenters. The van der Waals surface area contributed by atoms with Gasteiger partial charge < -0.3 is 11.1 Å². The van der Waals surface area contributed by atoms with Crippen molar-refractivity contribution in [3.63, 3.8) is 0 Å². The molecule has 3 N–H and O–H groups in total. The first-order chi connectivity index (χ1) is 10.7. The Morgan fingerprint density at radius 2 is 2.09 bits per heavy atom. The van der Waals surface area contributed by atoms with Crippen molar-refractivity contribution in [3.8, 4) is 0 Å². The maximum atomic E-state index is 11.4. The van der Waals surface area contributed by atoms with Crippen LogP contribution in [0.4, 0.5) is 0 Å². The SMILES string of the molecule is NC(=O)C1CCCN(Cc2cccc(CNCC3CC3)c2)C1. The van der Waals surface area contributed by atoms with Crippen LogP contribution in [0.5, 0.6) is 0 Å². The molecule has 1 aliphatic heterocycles. The predicted molar refractivity (Wildman–Crippen MR) is 88.1 cm³/mol. The van der Waals surface area contributed by atoms with Crippen molar-refractivity contribution in [2.75, 3.05) is 19.6 Å². The normalized spacial score (nSPS) is 22.6. The Hall–Kier alpha value is -1.39. The van der Waals surface area contributed by atoms with Gasteiger partial charge in [0.05, 0.1) is 5.92 Å². The van der Waals surface area contributed by atoms with E-state index < -0.39 is 0 Å². The molecule has 1 amide bonds. The molecule has 3 rings (SSSR count). The summed E-state index contributed by atoms with van der Waals surface area (Å²) in [7, 11) is 0. The van der Waals surface area contributed by atoms with E-state index in [0.29, 0.717) is 0 Å². The third-order valence-electron chi connectivity index (χ3n) is 4.76. The number of nitrogens with zero attached hydrogens (tertiary/aromatic N) is 1. The zero-order chi connectivity index (χ0) is 15.4. The van der Waals surface area contributed by atoms with Gasteiger partial charge >= 0.3 is 0 Å². The molecule has 0 spiro atoms. The molecule has 1 saturated carbocycles. The number of carbonyl (C=O) groups is 1. The molecule has 2 aliphatic rings. The standard InChI is InChI=1S/C18H27N3O/c19-18(22)17-5-2-8-21(13-17)12-16-4-1-3-15(9-16)11-20-10-14-6-7-14/h1,3-4,9,14,17,20H,2,5-8,10-13H2,(H2,19,22).